The van der Waals surface area contributed by atoms with Crippen LogP contribution in [-0.4, -0.2) is 32.4 Å². The van der Waals surface area contributed by atoms with Gasteiger partial charge in [0.2, 0.25) is 0 Å². The highest BCUT2D eigenvalue weighted by atomic mass is 32.2. The number of para-hydroxylation sites is 1. The fraction of sp³-hybridized carbons (Fsp3) is 0.389. The number of hydrogen-bond donors (Lipinski definition) is 1. The zero-order valence-electron chi connectivity index (χ0n) is 13.8. The van der Waals surface area contributed by atoms with Gasteiger partial charge in [-0.3, -0.25) is 4.79 Å². The molecule has 0 fully saturated rings. The van der Waals surface area contributed by atoms with E-state index in [1.165, 1.54) is 0 Å². The lowest BCUT2D eigenvalue weighted by molar-refractivity contribution is 0.0909. The molecule has 0 saturated carbocycles. The SMILES string of the molecule is COc1cccc2c1OC[C@@H](CNC(=O)c1ccc(CSC)o1)C2. The molecule has 0 radical (unpaired) electrons. The second-order valence-corrected chi connectivity index (χ2v) is 6.60. The van der Waals surface area contributed by atoms with Crippen molar-refractivity contribution in [2.24, 2.45) is 5.92 Å². The Morgan fingerprint density at radius 2 is 2.25 bits per heavy atom. The van der Waals surface area contributed by atoms with E-state index in [9.17, 15) is 4.79 Å². The summed E-state index contributed by atoms with van der Waals surface area (Å²) < 4.78 is 16.7. The van der Waals surface area contributed by atoms with E-state index < -0.39 is 0 Å². The number of amides is 1. The molecule has 6 heteroatoms. The maximum Gasteiger partial charge on any atom is 0.287 e. The molecule has 1 amide bonds. The molecule has 0 saturated heterocycles. The number of thioether (sulfide) groups is 1. The van der Waals surface area contributed by atoms with Crippen molar-refractivity contribution in [3.05, 3.63) is 47.4 Å². The van der Waals surface area contributed by atoms with Crippen molar-refractivity contribution in [2.45, 2.75) is 12.2 Å². The summed E-state index contributed by atoms with van der Waals surface area (Å²) in [6.07, 6.45) is 2.85. The van der Waals surface area contributed by atoms with Crippen molar-refractivity contribution in [2.75, 3.05) is 26.5 Å². The first-order valence-corrected chi connectivity index (χ1v) is 9.25. The minimum atomic E-state index is -0.182. The van der Waals surface area contributed by atoms with Crippen molar-refractivity contribution in [1.29, 1.82) is 0 Å². The molecule has 0 unspecified atom stereocenters. The van der Waals surface area contributed by atoms with Crippen molar-refractivity contribution in [1.82, 2.24) is 5.32 Å². The van der Waals surface area contributed by atoms with Gasteiger partial charge < -0.3 is 19.2 Å². The van der Waals surface area contributed by atoms with Gasteiger partial charge in [0.05, 0.1) is 19.5 Å². The highest BCUT2D eigenvalue weighted by molar-refractivity contribution is 7.97. The normalized spacial score (nSPS) is 16.2. The van der Waals surface area contributed by atoms with Crippen molar-refractivity contribution < 1.29 is 18.7 Å². The number of benzene rings is 1. The molecule has 1 atom stereocenters. The average molecular weight is 347 g/mol. The summed E-state index contributed by atoms with van der Waals surface area (Å²) in [4.78, 5) is 12.2. The van der Waals surface area contributed by atoms with E-state index in [1.807, 2.05) is 30.5 Å². The molecule has 24 heavy (non-hydrogen) atoms. The van der Waals surface area contributed by atoms with Crippen LogP contribution in [0.5, 0.6) is 11.5 Å². The Morgan fingerprint density at radius 1 is 1.38 bits per heavy atom. The lowest BCUT2D eigenvalue weighted by atomic mass is 9.96. The van der Waals surface area contributed by atoms with Gasteiger partial charge in [-0.1, -0.05) is 12.1 Å². The molecule has 1 N–H and O–H groups in total. The second kappa shape index (κ2) is 7.66. The van der Waals surface area contributed by atoms with E-state index in [1.54, 1.807) is 24.9 Å². The van der Waals surface area contributed by atoms with E-state index >= 15 is 0 Å². The first-order valence-electron chi connectivity index (χ1n) is 7.85. The number of carbonyl (C=O) groups excluding carboxylic acids is 1. The molecule has 1 aromatic carbocycles. The fourth-order valence-electron chi connectivity index (χ4n) is 2.79. The molecule has 0 spiro atoms. The molecule has 128 valence electrons. The van der Waals surface area contributed by atoms with Crippen LogP contribution in [-0.2, 0) is 12.2 Å². The van der Waals surface area contributed by atoms with Crippen LogP contribution in [0.25, 0.3) is 0 Å². The Morgan fingerprint density at radius 3 is 3.04 bits per heavy atom. The zero-order chi connectivity index (χ0) is 16.9. The van der Waals surface area contributed by atoms with E-state index in [0.717, 1.165) is 35.0 Å². The average Bonchev–Trinajstić information content (AvgIpc) is 3.08. The maximum atomic E-state index is 12.2. The molecule has 5 nitrogen and oxygen atoms in total. The number of hydrogen-bond acceptors (Lipinski definition) is 5. The van der Waals surface area contributed by atoms with Gasteiger partial charge >= 0.3 is 0 Å². The fourth-order valence-corrected chi connectivity index (χ4v) is 3.23. The topological polar surface area (TPSA) is 60.7 Å². The summed E-state index contributed by atoms with van der Waals surface area (Å²) in [6, 6.07) is 9.45. The Labute approximate surface area is 145 Å². The van der Waals surface area contributed by atoms with Gasteiger partial charge in [0.25, 0.3) is 5.91 Å². The molecule has 3 rings (SSSR count). The molecular weight excluding hydrogens is 326 g/mol. The standard InChI is InChI=1S/C18H21NO4S/c1-21-15-5-3-4-13-8-12(10-22-17(13)15)9-19-18(20)16-7-6-14(23-16)11-24-2/h3-7,12H,8-11H2,1-2H3,(H,19,20)/t12-/m1/s1. The number of carbonyl (C=O) groups is 1. The van der Waals surface area contributed by atoms with Crippen molar-refractivity contribution in [3.63, 3.8) is 0 Å². The maximum absolute atomic E-state index is 12.2. The Kier molecular flexibility index (Phi) is 5.35. The number of rotatable bonds is 6. The Hall–Kier alpha value is -2.08. The van der Waals surface area contributed by atoms with Crippen LogP contribution in [0, 0.1) is 5.92 Å². The lowest BCUT2D eigenvalue weighted by Crippen LogP contribution is -2.34. The van der Waals surface area contributed by atoms with Crippen LogP contribution >= 0.6 is 11.8 Å². The largest absolute Gasteiger partial charge is 0.493 e. The first kappa shape index (κ1) is 16.8. The van der Waals surface area contributed by atoms with Crippen LogP contribution < -0.4 is 14.8 Å². The van der Waals surface area contributed by atoms with Crippen LogP contribution in [0.3, 0.4) is 0 Å². The number of nitrogens with one attached hydrogen (secondary N) is 1. The van der Waals surface area contributed by atoms with Gasteiger partial charge in [-0.15, -0.1) is 0 Å². The summed E-state index contributed by atoms with van der Waals surface area (Å²) >= 11 is 1.66. The molecule has 2 aromatic rings. The molecule has 1 aromatic heterocycles. The Bertz CT molecular complexity index is 713. The molecule has 1 aliphatic rings. The summed E-state index contributed by atoms with van der Waals surface area (Å²) in [7, 11) is 1.64. The van der Waals surface area contributed by atoms with Gasteiger partial charge in [0.15, 0.2) is 17.3 Å². The predicted molar refractivity (Wildman–Crippen MR) is 93.9 cm³/mol. The number of ether oxygens (including phenoxy) is 2. The monoisotopic (exact) mass is 347 g/mol. The van der Waals surface area contributed by atoms with E-state index in [2.05, 4.69) is 5.32 Å². The lowest BCUT2D eigenvalue weighted by Gasteiger charge is -2.26. The Balaban J connectivity index is 1.56. The molecular formula is C18H21NO4S. The highest BCUT2D eigenvalue weighted by Gasteiger charge is 2.23. The predicted octanol–water partition coefficient (Wildman–Crippen LogP) is 3.13. The number of fused-ring (bicyclic) bond motifs is 1. The van der Waals surface area contributed by atoms with Gasteiger partial charge in [0.1, 0.15) is 5.76 Å². The number of methoxy groups -OCH3 is 1. The summed E-state index contributed by atoms with van der Waals surface area (Å²) in [6.45, 7) is 1.11. The van der Waals surface area contributed by atoms with Crippen LogP contribution in [0.4, 0.5) is 0 Å². The third kappa shape index (κ3) is 3.70. The van der Waals surface area contributed by atoms with E-state index in [4.69, 9.17) is 13.9 Å². The highest BCUT2D eigenvalue weighted by Crippen LogP contribution is 2.35. The van der Waals surface area contributed by atoms with Gasteiger partial charge in [-0.2, -0.15) is 11.8 Å². The summed E-state index contributed by atoms with van der Waals surface area (Å²) in [5.41, 5.74) is 1.11. The van der Waals surface area contributed by atoms with Crippen LogP contribution in [0.15, 0.2) is 34.7 Å². The van der Waals surface area contributed by atoms with Crippen LogP contribution in [0.2, 0.25) is 0 Å². The van der Waals surface area contributed by atoms with Crippen molar-refractivity contribution >= 4 is 17.7 Å². The molecule has 0 bridgehead atoms. The summed E-state index contributed by atoms with van der Waals surface area (Å²) in [5, 5.41) is 2.93. The third-order valence-electron chi connectivity index (χ3n) is 3.98. The van der Waals surface area contributed by atoms with E-state index in [-0.39, 0.29) is 11.8 Å². The quantitative estimate of drug-likeness (QED) is 0.870. The molecule has 0 aliphatic carbocycles. The van der Waals surface area contributed by atoms with Crippen LogP contribution in [0.1, 0.15) is 21.9 Å². The van der Waals surface area contributed by atoms with Gasteiger partial charge in [-0.25, -0.2) is 0 Å². The molecule has 2 heterocycles. The first-order chi connectivity index (χ1) is 11.7. The zero-order valence-corrected chi connectivity index (χ0v) is 14.7. The second-order valence-electron chi connectivity index (χ2n) is 5.74. The molecule has 1 aliphatic heterocycles. The smallest absolute Gasteiger partial charge is 0.287 e. The van der Waals surface area contributed by atoms with Crippen molar-refractivity contribution in [3.8, 4) is 11.5 Å². The minimum absolute atomic E-state index is 0.182. The summed E-state index contributed by atoms with van der Waals surface area (Å²) in [5.74, 6) is 3.56. The third-order valence-corrected chi connectivity index (χ3v) is 4.55. The van der Waals surface area contributed by atoms with E-state index in [0.29, 0.717) is 18.9 Å². The minimum Gasteiger partial charge on any atom is -0.493 e. The van der Waals surface area contributed by atoms with Gasteiger partial charge in [0, 0.05) is 12.5 Å². The van der Waals surface area contributed by atoms with Gasteiger partial charge in [-0.05, 0) is 36.4 Å². The number of furan rings is 1.